The summed E-state index contributed by atoms with van der Waals surface area (Å²) in [5.41, 5.74) is 0.911. The van der Waals surface area contributed by atoms with Crippen molar-refractivity contribution >= 4 is 38.8 Å². The molecule has 0 saturated carbocycles. The molecule has 0 unspecified atom stereocenters. The lowest BCUT2D eigenvalue weighted by atomic mass is 10.1. The van der Waals surface area contributed by atoms with Gasteiger partial charge in [0.25, 0.3) is 5.19 Å². The second kappa shape index (κ2) is 9.23. The molecule has 0 atom stereocenters. The molecule has 0 bridgehead atoms. The van der Waals surface area contributed by atoms with Gasteiger partial charge in [0.05, 0.1) is 11.2 Å². The number of fused-ring (bicyclic) bond motifs is 2. The first-order valence-electron chi connectivity index (χ1n) is 11.3. The molecule has 34 heavy (non-hydrogen) atoms. The highest BCUT2D eigenvalue weighted by molar-refractivity contribution is 7.20. The molecular weight excluding hydrogens is 454 g/mol. The molecule has 5 rings (SSSR count). The van der Waals surface area contributed by atoms with E-state index < -0.39 is 11.8 Å². The van der Waals surface area contributed by atoms with Crippen molar-refractivity contribution in [2.75, 3.05) is 13.1 Å². The number of carbonyl (C=O) groups is 1. The molecule has 9 heteroatoms. The first-order valence-corrected chi connectivity index (χ1v) is 12.2. The van der Waals surface area contributed by atoms with Crippen LogP contribution in [-0.4, -0.2) is 45.8 Å². The lowest BCUT2D eigenvalue weighted by Crippen LogP contribution is -2.38. The predicted molar refractivity (Wildman–Crippen MR) is 129 cm³/mol. The summed E-state index contributed by atoms with van der Waals surface area (Å²) in [6.07, 6.45) is 2.56. The minimum absolute atomic E-state index is 0.112. The van der Waals surface area contributed by atoms with Crippen molar-refractivity contribution in [2.45, 2.75) is 51.9 Å². The highest BCUT2D eigenvalue weighted by Crippen LogP contribution is 2.32. The quantitative estimate of drug-likeness (QED) is 0.314. The number of benzene rings is 1. The van der Waals surface area contributed by atoms with Gasteiger partial charge in [0.1, 0.15) is 28.8 Å². The number of likely N-dealkylation sites (tertiary alicyclic amines) is 1. The number of nitrogens with zero attached hydrogens (tertiary/aromatic N) is 3. The van der Waals surface area contributed by atoms with E-state index in [9.17, 15) is 4.79 Å². The van der Waals surface area contributed by atoms with E-state index in [0.717, 1.165) is 47.4 Å². The van der Waals surface area contributed by atoms with E-state index >= 15 is 0 Å². The van der Waals surface area contributed by atoms with Gasteiger partial charge >= 0.3 is 6.16 Å². The number of carbonyl (C=O) groups excluding carboxylic acids is 1. The lowest BCUT2D eigenvalue weighted by molar-refractivity contribution is -0.0400. The second-order valence-corrected chi connectivity index (χ2v) is 10.4. The molecule has 1 aliphatic heterocycles. The number of piperidine rings is 1. The smallest absolute Gasteiger partial charge is 0.460 e. The summed E-state index contributed by atoms with van der Waals surface area (Å²) < 4.78 is 23.7. The average molecular weight is 482 g/mol. The number of thiazole rings is 1. The van der Waals surface area contributed by atoms with Crippen molar-refractivity contribution in [3.8, 4) is 10.9 Å². The van der Waals surface area contributed by atoms with Gasteiger partial charge in [0.2, 0.25) is 0 Å². The minimum Gasteiger partial charge on any atom is -0.460 e. The Bertz CT molecular complexity index is 1270. The molecule has 1 aromatic carbocycles. The highest BCUT2D eigenvalue weighted by atomic mass is 32.1. The number of rotatable bonds is 5. The molecule has 4 aromatic rings. The summed E-state index contributed by atoms with van der Waals surface area (Å²) in [6, 6.07) is 11.7. The van der Waals surface area contributed by atoms with E-state index in [1.165, 1.54) is 11.3 Å². The van der Waals surface area contributed by atoms with Crippen molar-refractivity contribution in [3.63, 3.8) is 0 Å². The fourth-order valence-corrected chi connectivity index (χ4v) is 4.71. The van der Waals surface area contributed by atoms with Crippen molar-refractivity contribution in [1.29, 1.82) is 0 Å². The molecule has 3 aromatic heterocycles. The molecule has 1 saturated heterocycles. The van der Waals surface area contributed by atoms with Gasteiger partial charge in [-0.15, -0.1) is 0 Å². The Kier molecular flexibility index (Phi) is 6.14. The molecule has 8 nitrogen and oxygen atoms in total. The fraction of sp³-hybridized carbons (Fsp3) is 0.400. The molecule has 0 spiro atoms. The predicted octanol–water partition coefficient (Wildman–Crippen LogP) is 6.15. The Morgan fingerprint density at radius 1 is 1.21 bits per heavy atom. The molecule has 0 aliphatic carbocycles. The maximum Gasteiger partial charge on any atom is 0.509 e. The summed E-state index contributed by atoms with van der Waals surface area (Å²) in [7, 11) is 0. The van der Waals surface area contributed by atoms with Crippen LogP contribution < -0.4 is 4.74 Å². The first-order chi connectivity index (χ1) is 16.3. The van der Waals surface area contributed by atoms with Crippen LogP contribution in [-0.2, 0) is 16.0 Å². The van der Waals surface area contributed by atoms with Crippen molar-refractivity contribution < 1.29 is 23.4 Å². The fourth-order valence-electron chi connectivity index (χ4n) is 3.92. The van der Waals surface area contributed by atoms with E-state index in [-0.39, 0.29) is 6.10 Å². The summed E-state index contributed by atoms with van der Waals surface area (Å²) in [5, 5.41) is 1.58. The Labute approximate surface area is 201 Å². The Hall–Kier alpha value is -3.17. The van der Waals surface area contributed by atoms with Gasteiger partial charge in [0, 0.05) is 30.7 Å². The van der Waals surface area contributed by atoms with Crippen LogP contribution in [0.3, 0.4) is 0 Å². The Morgan fingerprint density at radius 2 is 2.03 bits per heavy atom. The van der Waals surface area contributed by atoms with Gasteiger partial charge in [-0.2, -0.15) is 4.98 Å². The average Bonchev–Trinajstić information content (AvgIpc) is 3.36. The Morgan fingerprint density at radius 3 is 2.79 bits per heavy atom. The Balaban J connectivity index is 1.17. The number of pyridine rings is 1. The summed E-state index contributed by atoms with van der Waals surface area (Å²) >= 11 is 1.46. The van der Waals surface area contributed by atoms with E-state index in [1.54, 1.807) is 6.20 Å². The molecule has 4 heterocycles. The van der Waals surface area contributed by atoms with Crippen molar-refractivity contribution in [2.24, 2.45) is 0 Å². The number of hydrogen-bond donors (Lipinski definition) is 0. The lowest BCUT2D eigenvalue weighted by Gasteiger charge is -2.31. The molecule has 0 N–H and O–H groups in total. The van der Waals surface area contributed by atoms with Crippen LogP contribution >= 0.6 is 11.3 Å². The third kappa shape index (κ3) is 5.48. The van der Waals surface area contributed by atoms with Gasteiger partial charge in [-0.25, -0.2) is 9.78 Å². The van der Waals surface area contributed by atoms with Crippen molar-refractivity contribution in [3.05, 3.63) is 48.4 Å². The summed E-state index contributed by atoms with van der Waals surface area (Å²) in [6.45, 7) is 7.84. The van der Waals surface area contributed by atoms with Crippen LogP contribution in [0.15, 0.2) is 47.0 Å². The maximum absolute atomic E-state index is 11.9. The SMILES string of the molecule is CC(C)(C)OC(=O)OC1CCN(Cc2cc3ccc(Oc4nc5ncccc5s4)cc3o2)CC1. The highest BCUT2D eigenvalue weighted by Gasteiger charge is 2.26. The summed E-state index contributed by atoms with van der Waals surface area (Å²) in [4.78, 5) is 22.9. The standard InChI is InChI=1S/C25H27N3O5S/c1-25(2,3)33-24(29)32-17-8-11-28(12-9-17)15-19-13-16-6-7-18(14-20(16)30-19)31-23-27-22-21(34-23)5-4-10-26-22/h4-7,10,13-14,17H,8-9,11-12,15H2,1-3H3. The third-order valence-electron chi connectivity index (χ3n) is 5.46. The van der Waals surface area contributed by atoms with Crippen LogP contribution in [0.5, 0.6) is 10.9 Å². The van der Waals surface area contributed by atoms with Gasteiger partial charge in [-0.3, -0.25) is 4.90 Å². The maximum atomic E-state index is 11.9. The molecular formula is C25H27N3O5S. The second-order valence-electron chi connectivity index (χ2n) is 9.38. The van der Waals surface area contributed by atoms with Gasteiger partial charge in [0.15, 0.2) is 5.65 Å². The zero-order chi connectivity index (χ0) is 23.7. The first kappa shape index (κ1) is 22.6. The number of aromatic nitrogens is 2. The van der Waals surface area contributed by atoms with Crippen LogP contribution in [0.1, 0.15) is 39.4 Å². The van der Waals surface area contributed by atoms with Gasteiger partial charge in [-0.05, 0) is 63.9 Å². The van der Waals surface area contributed by atoms with Gasteiger partial charge < -0.3 is 18.6 Å². The van der Waals surface area contributed by atoms with E-state index in [2.05, 4.69) is 20.9 Å². The van der Waals surface area contributed by atoms with Crippen LogP contribution in [0.4, 0.5) is 4.79 Å². The van der Waals surface area contributed by atoms with E-state index in [0.29, 0.717) is 23.1 Å². The molecule has 1 fully saturated rings. The molecule has 178 valence electrons. The summed E-state index contributed by atoms with van der Waals surface area (Å²) in [5.74, 6) is 1.57. The van der Waals surface area contributed by atoms with E-state index in [1.807, 2.05) is 51.1 Å². The van der Waals surface area contributed by atoms with Crippen LogP contribution in [0.2, 0.25) is 0 Å². The number of ether oxygens (including phenoxy) is 3. The normalized spacial score (nSPS) is 15.6. The number of furan rings is 1. The largest absolute Gasteiger partial charge is 0.509 e. The third-order valence-corrected chi connectivity index (χ3v) is 6.35. The van der Waals surface area contributed by atoms with E-state index in [4.69, 9.17) is 18.6 Å². The zero-order valence-electron chi connectivity index (χ0n) is 19.4. The molecule has 0 radical (unpaired) electrons. The monoisotopic (exact) mass is 481 g/mol. The van der Waals surface area contributed by atoms with Gasteiger partial charge in [-0.1, -0.05) is 11.3 Å². The van der Waals surface area contributed by atoms with Crippen molar-refractivity contribution in [1.82, 2.24) is 14.9 Å². The van der Waals surface area contributed by atoms with Crippen LogP contribution in [0.25, 0.3) is 21.3 Å². The topological polar surface area (TPSA) is 86.9 Å². The zero-order valence-corrected chi connectivity index (χ0v) is 20.3. The molecule has 0 amide bonds. The number of hydrogen-bond acceptors (Lipinski definition) is 9. The van der Waals surface area contributed by atoms with Crippen LogP contribution in [0, 0.1) is 0 Å². The molecule has 1 aliphatic rings. The minimum atomic E-state index is -0.594.